The van der Waals surface area contributed by atoms with Gasteiger partial charge in [0.05, 0.1) is 0 Å². The summed E-state index contributed by atoms with van der Waals surface area (Å²) >= 11 is 2.12. The first-order valence-corrected chi connectivity index (χ1v) is 7.95. The highest BCUT2D eigenvalue weighted by molar-refractivity contribution is 8.00. The molecule has 1 aliphatic heterocycles. The smallest absolute Gasteiger partial charge is 0.0478 e. The van der Waals surface area contributed by atoms with E-state index < -0.39 is 0 Å². The molecule has 2 heterocycles. The fraction of sp³-hybridized carbons (Fsp3) is 0.688. The number of hydrogen-bond acceptors (Lipinski definition) is 2. The van der Waals surface area contributed by atoms with Crippen molar-refractivity contribution >= 4 is 11.8 Å². The van der Waals surface area contributed by atoms with E-state index >= 15 is 0 Å². The predicted octanol–water partition coefficient (Wildman–Crippen LogP) is 5.33. The van der Waals surface area contributed by atoms with Crippen LogP contribution in [0.1, 0.15) is 79.1 Å². The normalized spacial score (nSPS) is 22.9. The molecule has 0 saturated heterocycles. The Labute approximate surface area is 116 Å². The first-order valence-electron chi connectivity index (χ1n) is 7.00. The van der Waals surface area contributed by atoms with Gasteiger partial charge in [0, 0.05) is 21.9 Å². The van der Waals surface area contributed by atoms with Crippen LogP contribution in [-0.4, -0.2) is 4.98 Å². The molecule has 0 bridgehead atoms. The Morgan fingerprint density at radius 1 is 1.06 bits per heavy atom. The zero-order valence-electron chi connectivity index (χ0n) is 12.7. The lowest BCUT2D eigenvalue weighted by molar-refractivity contribution is 0.621. The molecular formula is C16H25NS. The molecule has 0 aliphatic carbocycles. The molecule has 1 aromatic rings. The topological polar surface area (TPSA) is 12.9 Å². The van der Waals surface area contributed by atoms with Gasteiger partial charge in [-0.2, -0.15) is 0 Å². The fourth-order valence-electron chi connectivity index (χ4n) is 2.97. The van der Waals surface area contributed by atoms with Gasteiger partial charge in [0.15, 0.2) is 0 Å². The van der Waals surface area contributed by atoms with E-state index in [0.717, 1.165) is 0 Å². The number of pyridine rings is 1. The third-order valence-electron chi connectivity index (χ3n) is 4.00. The van der Waals surface area contributed by atoms with Crippen molar-refractivity contribution in [3.8, 4) is 0 Å². The summed E-state index contributed by atoms with van der Waals surface area (Å²) < 4.78 is 0. The Balaban J connectivity index is 2.70. The highest BCUT2D eigenvalue weighted by Crippen LogP contribution is 2.56. The van der Waals surface area contributed by atoms with E-state index in [1.165, 1.54) is 17.0 Å². The highest BCUT2D eigenvalue weighted by atomic mass is 32.2. The molecule has 0 radical (unpaired) electrons. The number of nitrogens with zero attached hydrogens (tertiary/aromatic N) is 1. The lowest BCUT2D eigenvalue weighted by Crippen LogP contribution is -2.10. The van der Waals surface area contributed by atoms with Gasteiger partial charge in [0.25, 0.3) is 0 Å². The second-order valence-corrected chi connectivity index (χ2v) is 7.62. The van der Waals surface area contributed by atoms with Crippen LogP contribution in [0.2, 0.25) is 0 Å². The molecule has 1 aromatic heterocycles. The van der Waals surface area contributed by atoms with Gasteiger partial charge >= 0.3 is 0 Å². The summed E-state index contributed by atoms with van der Waals surface area (Å²) in [7, 11) is 0. The van der Waals surface area contributed by atoms with Crippen LogP contribution >= 0.6 is 11.8 Å². The van der Waals surface area contributed by atoms with Crippen molar-refractivity contribution in [2.75, 3.05) is 0 Å². The first kappa shape index (κ1) is 13.9. The van der Waals surface area contributed by atoms with Gasteiger partial charge in [0.1, 0.15) is 0 Å². The van der Waals surface area contributed by atoms with E-state index in [1.54, 1.807) is 11.1 Å². The molecule has 100 valence electrons. The van der Waals surface area contributed by atoms with Crippen LogP contribution in [0.25, 0.3) is 0 Å². The molecule has 0 N–H and O–H groups in total. The summed E-state index contributed by atoms with van der Waals surface area (Å²) in [4.78, 5) is 4.90. The van der Waals surface area contributed by atoms with Gasteiger partial charge < -0.3 is 0 Å². The van der Waals surface area contributed by atoms with E-state index in [-0.39, 0.29) is 0 Å². The maximum absolute atomic E-state index is 4.90. The van der Waals surface area contributed by atoms with E-state index in [1.807, 2.05) is 0 Å². The molecule has 2 atom stereocenters. The molecule has 18 heavy (non-hydrogen) atoms. The Bertz CT molecular complexity index is 463. The zero-order valence-corrected chi connectivity index (χ0v) is 13.5. The fourth-order valence-corrected chi connectivity index (χ4v) is 4.55. The average molecular weight is 263 g/mol. The van der Waals surface area contributed by atoms with Gasteiger partial charge in [0.2, 0.25) is 0 Å². The number of rotatable bonds is 2. The van der Waals surface area contributed by atoms with Crippen LogP contribution in [-0.2, 0) is 0 Å². The van der Waals surface area contributed by atoms with Crippen LogP contribution in [0, 0.1) is 19.8 Å². The summed E-state index contributed by atoms with van der Waals surface area (Å²) in [6, 6.07) is 0. The quantitative estimate of drug-likeness (QED) is 0.715. The lowest BCUT2D eigenvalue weighted by Gasteiger charge is -2.21. The number of aromatic nitrogens is 1. The lowest BCUT2D eigenvalue weighted by atomic mass is 9.88. The SMILES string of the molecule is Cc1nc(C(C)C)c2c(c1C)[C@H](C)SC2C(C)C. The molecule has 0 aromatic carbocycles. The summed E-state index contributed by atoms with van der Waals surface area (Å²) in [5.74, 6) is 1.20. The molecule has 2 heteroatoms. The zero-order chi connectivity index (χ0) is 13.6. The second kappa shape index (κ2) is 4.88. The van der Waals surface area contributed by atoms with E-state index in [4.69, 9.17) is 4.98 Å². The summed E-state index contributed by atoms with van der Waals surface area (Å²) in [5, 5.41) is 1.24. The Kier molecular flexibility index (Phi) is 3.77. The van der Waals surface area contributed by atoms with Crippen LogP contribution < -0.4 is 0 Å². The van der Waals surface area contributed by atoms with Crippen LogP contribution in [0.4, 0.5) is 0 Å². The van der Waals surface area contributed by atoms with Crippen molar-refractivity contribution in [2.24, 2.45) is 5.92 Å². The van der Waals surface area contributed by atoms with E-state index in [0.29, 0.717) is 22.3 Å². The minimum atomic E-state index is 0.519. The van der Waals surface area contributed by atoms with Crippen molar-refractivity contribution in [3.05, 3.63) is 28.1 Å². The number of thioether (sulfide) groups is 1. The maximum Gasteiger partial charge on any atom is 0.0478 e. The predicted molar refractivity (Wildman–Crippen MR) is 81.4 cm³/mol. The molecular weight excluding hydrogens is 238 g/mol. The maximum atomic E-state index is 4.90. The highest BCUT2D eigenvalue weighted by Gasteiger charge is 2.36. The molecule has 1 nitrogen and oxygen atoms in total. The third-order valence-corrected chi connectivity index (χ3v) is 5.71. The Hall–Kier alpha value is -0.500. The Morgan fingerprint density at radius 2 is 1.67 bits per heavy atom. The summed E-state index contributed by atoms with van der Waals surface area (Å²) in [6.07, 6.45) is 0. The number of fused-ring (bicyclic) bond motifs is 1. The summed E-state index contributed by atoms with van der Waals surface area (Å²) in [6.45, 7) is 15.9. The molecule has 2 rings (SSSR count). The molecule has 1 unspecified atom stereocenters. The number of hydrogen-bond donors (Lipinski definition) is 0. The van der Waals surface area contributed by atoms with Crippen molar-refractivity contribution in [1.29, 1.82) is 0 Å². The van der Waals surface area contributed by atoms with E-state index in [2.05, 4.69) is 60.2 Å². The van der Waals surface area contributed by atoms with Crippen LogP contribution in [0.5, 0.6) is 0 Å². The standard InChI is InChI=1S/C16H25NS/c1-8(2)15-14-13(10(5)11(6)17-15)12(7)18-16(14)9(3)4/h8-9,12,16H,1-7H3/t12-,16?/m0/s1. The van der Waals surface area contributed by atoms with E-state index in [9.17, 15) is 0 Å². The molecule has 0 amide bonds. The molecule has 1 aliphatic rings. The third kappa shape index (κ3) is 2.09. The molecule has 0 spiro atoms. The van der Waals surface area contributed by atoms with Gasteiger partial charge in [-0.05, 0) is 49.3 Å². The minimum absolute atomic E-state index is 0.519. The summed E-state index contributed by atoms with van der Waals surface area (Å²) in [5.41, 5.74) is 7.10. The van der Waals surface area contributed by atoms with Gasteiger partial charge in [-0.3, -0.25) is 4.98 Å². The van der Waals surface area contributed by atoms with Crippen molar-refractivity contribution < 1.29 is 0 Å². The van der Waals surface area contributed by atoms with Crippen LogP contribution in [0.15, 0.2) is 0 Å². The van der Waals surface area contributed by atoms with Crippen molar-refractivity contribution in [1.82, 2.24) is 4.98 Å². The van der Waals surface area contributed by atoms with Gasteiger partial charge in [-0.1, -0.05) is 27.7 Å². The van der Waals surface area contributed by atoms with Crippen LogP contribution in [0.3, 0.4) is 0 Å². The molecule has 0 saturated carbocycles. The minimum Gasteiger partial charge on any atom is -0.257 e. The Morgan fingerprint density at radius 3 is 2.17 bits per heavy atom. The molecule has 0 fully saturated rings. The largest absolute Gasteiger partial charge is 0.257 e. The van der Waals surface area contributed by atoms with Crippen molar-refractivity contribution in [2.45, 2.75) is 64.9 Å². The second-order valence-electron chi connectivity index (χ2n) is 6.13. The first-order chi connectivity index (χ1) is 8.34. The van der Waals surface area contributed by atoms with Crippen molar-refractivity contribution in [3.63, 3.8) is 0 Å². The monoisotopic (exact) mass is 263 g/mol. The average Bonchev–Trinajstić information content (AvgIpc) is 2.61. The number of aryl methyl sites for hydroxylation is 1. The van der Waals surface area contributed by atoms with Gasteiger partial charge in [-0.15, -0.1) is 11.8 Å². The van der Waals surface area contributed by atoms with Gasteiger partial charge in [-0.25, -0.2) is 0 Å².